The summed E-state index contributed by atoms with van der Waals surface area (Å²) in [6, 6.07) is -0.789. The van der Waals surface area contributed by atoms with E-state index >= 15 is 0 Å². The van der Waals surface area contributed by atoms with E-state index in [-0.39, 0.29) is 11.8 Å². The van der Waals surface area contributed by atoms with Crippen LogP contribution in [0.4, 0.5) is 13.2 Å². The molecule has 0 aromatic carbocycles. The van der Waals surface area contributed by atoms with Gasteiger partial charge in [-0.1, -0.05) is 0 Å². The molecule has 0 spiro atoms. The topological polar surface area (TPSA) is 54.3 Å². The van der Waals surface area contributed by atoms with Crippen molar-refractivity contribution in [3.63, 3.8) is 0 Å². The summed E-state index contributed by atoms with van der Waals surface area (Å²) < 4.78 is 39.2. The zero-order valence-electron chi connectivity index (χ0n) is 13.5. The summed E-state index contributed by atoms with van der Waals surface area (Å²) in [4.78, 5) is 15.1. The van der Waals surface area contributed by atoms with Gasteiger partial charge in [0, 0.05) is 26.1 Å². The van der Waals surface area contributed by atoms with Crippen LogP contribution in [-0.2, 0) is 11.8 Å². The second kappa shape index (κ2) is 6.86. The Labute approximate surface area is 133 Å². The lowest BCUT2D eigenvalue weighted by atomic mass is 9.95. The predicted octanol–water partition coefficient (Wildman–Crippen LogP) is 1.40. The van der Waals surface area contributed by atoms with E-state index in [0.717, 1.165) is 23.6 Å². The van der Waals surface area contributed by atoms with E-state index in [1.54, 1.807) is 11.2 Å². The first-order valence-corrected chi connectivity index (χ1v) is 7.58. The number of aromatic nitrogens is 3. The Morgan fingerprint density at radius 1 is 1.43 bits per heavy atom. The smallest absolute Gasteiger partial charge is 0.341 e. The first-order valence-electron chi connectivity index (χ1n) is 7.58. The summed E-state index contributed by atoms with van der Waals surface area (Å²) >= 11 is 0. The molecule has 130 valence electrons. The van der Waals surface area contributed by atoms with Crippen LogP contribution in [0.15, 0.2) is 6.33 Å². The number of amides is 1. The number of hydrogen-bond donors (Lipinski definition) is 0. The summed E-state index contributed by atoms with van der Waals surface area (Å²) in [6.07, 6.45) is -1.18. The molecule has 2 heterocycles. The van der Waals surface area contributed by atoms with Crippen molar-refractivity contribution in [3.05, 3.63) is 12.2 Å². The summed E-state index contributed by atoms with van der Waals surface area (Å²) in [5.74, 6) is 0.863. The molecule has 1 amide bonds. The van der Waals surface area contributed by atoms with E-state index < -0.39 is 18.8 Å². The first kappa shape index (κ1) is 17.7. The number of likely N-dealkylation sites (tertiary alicyclic amines) is 1. The number of aryl methyl sites for hydroxylation is 1. The molecular formula is C14H22F3N5O. The third kappa shape index (κ3) is 4.43. The summed E-state index contributed by atoms with van der Waals surface area (Å²) in [5, 5.41) is 7.95. The molecule has 0 saturated carbocycles. The van der Waals surface area contributed by atoms with Crippen LogP contribution >= 0.6 is 0 Å². The van der Waals surface area contributed by atoms with Crippen molar-refractivity contribution in [1.82, 2.24) is 24.6 Å². The number of piperidine rings is 1. The molecule has 1 atom stereocenters. The van der Waals surface area contributed by atoms with Gasteiger partial charge in [-0.05, 0) is 26.8 Å². The predicted molar refractivity (Wildman–Crippen MR) is 77.7 cm³/mol. The average molecular weight is 333 g/mol. The maximum absolute atomic E-state index is 12.4. The third-order valence-electron chi connectivity index (χ3n) is 4.37. The zero-order valence-corrected chi connectivity index (χ0v) is 13.5. The molecule has 6 nitrogen and oxygen atoms in total. The number of likely N-dealkylation sites (N-methyl/N-ethyl adjacent to an activating group) is 1. The molecule has 1 unspecified atom stereocenters. The lowest BCUT2D eigenvalue weighted by Gasteiger charge is -2.35. The van der Waals surface area contributed by atoms with E-state index in [2.05, 4.69) is 10.2 Å². The molecule has 1 fully saturated rings. The summed E-state index contributed by atoms with van der Waals surface area (Å²) in [7, 11) is 3.20. The second-order valence-corrected chi connectivity index (χ2v) is 6.11. The molecule has 2 rings (SSSR count). The number of alkyl halides is 3. The molecular weight excluding hydrogens is 311 g/mol. The largest absolute Gasteiger partial charge is 0.401 e. The van der Waals surface area contributed by atoms with Crippen LogP contribution in [0.1, 0.15) is 31.5 Å². The molecule has 1 saturated heterocycles. The lowest BCUT2D eigenvalue weighted by molar-refractivity contribution is -0.155. The van der Waals surface area contributed by atoms with Crippen LogP contribution in [0, 0.1) is 0 Å². The highest BCUT2D eigenvalue weighted by Crippen LogP contribution is 2.27. The molecule has 1 aromatic rings. The number of hydrogen-bond acceptors (Lipinski definition) is 4. The van der Waals surface area contributed by atoms with E-state index in [4.69, 9.17) is 0 Å². The monoisotopic (exact) mass is 333 g/mol. The quantitative estimate of drug-likeness (QED) is 0.836. The maximum Gasteiger partial charge on any atom is 0.401 e. The molecule has 9 heteroatoms. The number of halogens is 3. The Bertz CT molecular complexity index is 537. The number of nitrogens with zero attached hydrogens (tertiary/aromatic N) is 5. The van der Waals surface area contributed by atoms with Crippen LogP contribution in [0.5, 0.6) is 0 Å². The standard InChI is InChI=1S/C14H22F3N5O/c1-10(20(2)8-14(15,16)17)13(23)22-6-4-11(5-7-22)12-19-18-9-21(12)3/h9-11H,4-8H2,1-3H3. The molecule has 0 N–H and O–H groups in total. The van der Waals surface area contributed by atoms with E-state index in [9.17, 15) is 18.0 Å². The Hall–Kier alpha value is -1.64. The third-order valence-corrected chi connectivity index (χ3v) is 4.37. The van der Waals surface area contributed by atoms with Gasteiger partial charge in [-0.2, -0.15) is 13.2 Å². The van der Waals surface area contributed by atoms with Crippen LogP contribution in [0.3, 0.4) is 0 Å². The number of carbonyl (C=O) groups is 1. The van der Waals surface area contributed by atoms with Gasteiger partial charge < -0.3 is 9.47 Å². The van der Waals surface area contributed by atoms with Gasteiger partial charge in [-0.3, -0.25) is 9.69 Å². The van der Waals surface area contributed by atoms with Crippen LogP contribution in [0.2, 0.25) is 0 Å². The highest BCUT2D eigenvalue weighted by molar-refractivity contribution is 5.81. The van der Waals surface area contributed by atoms with Gasteiger partial charge in [0.2, 0.25) is 5.91 Å². The van der Waals surface area contributed by atoms with Crippen molar-refractivity contribution >= 4 is 5.91 Å². The molecule has 1 aliphatic rings. The first-order chi connectivity index (χ1) is 10.7. The lowest BCUT2D eigenvalue weighted by Crippen LogP contribution is -2.50. The fourth-order valence-corrected chi connectivity index (χ4v) is 2.89. The van der Waals surface area contributed by atoms with Gasteiger partial charge in [0.05, 0.1) is 12.6 Å². The number of carbonyl (C=O) groups excluding carboxylic acids is 1. The minimum atomic E-state index is -4.30. The van der Waals surface area contributed by atoms with Crippen molar-refractivity contribution in [2.75, 3.05) is 26.7 Å². The fourth-order valence-electron chi connectivity index (χ4n) is 2.89. The summed E-state index contributed by atoms with van der Waals surface area (Å²) in [5.41, 5.74) is 0. The average Bonchev–Trinajstić information content (AvgIpc) is 2.90. The van der Waals surface area contributed by atoms with E-state index in [1.807, 2.05) is 11.6 Å². The zero-order chi connectivity index (χ0) is 17.2. The minimum Gasteiger partial charge on any atom is -0.341 e. The Morgan fingerprint density at radius 3 is 2.52 bits per heavy atom. The minimum absolute atomic E-state index is 0.231. The highest BCUT2D eigenvalue weighted by Gasteiger charge is 2.35. The van der Waals surface area contributed by atoms with E-state index in [1.165, 1.54) is 14.0 Å². The molecule has 0 bridgehead atoms. The molecule has 23 heavy (non-hydrogen) atoms. The molecule has 1 aromatic heterocycles. The van der Waals surface area contributed by atoms with Crippen molar-refractivity contribution in [1.29, 1.82) is 0 Å². The summed E-state index contributed by atoms with van der Waals surface area (Å²) in [6.45, 7) is 1.49. The van der Waals surface area contributed by atoms with Crippen molar-refractivity contribution < 1.29 is 18.0 Å². The van der Waals surface area contributed by atoms with Crippen LogP contribution in [-0.4, -0.2) is 69.4 Å². The fraction of sp³-hybridized carbons (Fsp3) is 0.786. The van der Waals surface area contributed by atoms with Crippen molar-refractivity contribution in [2.24, 2.45) is 7.05 Å². The maximum atomic E-state index is 12.4. The number of rotatable bonds is 4. The van der Waals surface area contributed by atoms with E-state index in [0.29, 0.717) is 13.1 Å². The van der Waals surface area contributed by atoms with Gasteiger partial charge in [-0.25, -0.2) is 0 Å². The second-order valence-electron chi connectivity index (χ2n) is 6.11. The van der Waals surface area contributed by atoms with Gasteiger partial charge >= 0.3 is 6.18 Å². The van der Waals surface area contributed by atoms with Crippen LogP contribution < -0.4 is 0 Å². The Morgan fingerprint density at radius 2 is 2.04 bits per heavy atom. The van der Waals surface area contributed by atoms with Crippen LogP contribution in [0.25, 0.3) is 0 Å². The van der Waals surface area contributed by atoms with Crippen molar-refractivity contribution in [3.8, 4) is 0 Å². The van der Waals surface area contributed by atoms with Gasteiger partial charge in [0.25, 0.3) is 0 Å². The highest BCUT2D eigenvalue weighted by atomic mass is 19.4. The molecule has 0 aliphatic carbocycles. The SMILES string of the molecule is CC(C(=O)N1CCC(c2nncn2C)CC1)N(C)CC(F)(F)F. The Balaban J connectivity index is 1.89. The molecule has 1 aliphatic heterocycles. The Kier molecular flexibility index (Phi) is 5.28. The van der Waals surface area contributed by atoms with Gasteiger partial charge in [-0.15, -0.1) is 10.2 Å². The normalized spacial score (nSPS) is 18.5. The van der Waals surface area contributed by atoms with Gasteiger partial charge in [0.1, 0.15) is 12.2 Å². The van der Waals surface area contributed by atoms with Gasteiger partial charge in [0.15, 0.2) is 0 Å². The van der Waals surface area contributed by atoms with Crippen molar-refractivity contribution in [2.45, 2.75) is 37.9 Å². The molecule has 0 radical (unpaired) electrons.